The van der Waals surface area contributed by atoms with E-state index in [4.69, 9.17) is 14.2 Å². The minimum absolute atomic E-state index is 0.00744. The first-order valence-corrected chi connectivity index (χ1v) is 10.6. The van der Waals surface area contributed by atoms with E-state index in [1.165, 1.54) is 19.3 Å². The zero-order chi connectivity index (χ0) is 18.2. The summed E-state index contributed by atoms with van der Waals surface area (Å²) in [6, 6.07) is 0. The molecule has 0 radical (unpaired) electrons. The molecule has 0 aromatic carbocycles. The van der Waals surface area contributed by atoms with Crippen molar-refractivity contribution < 1.29 is 24.4 Å². The Morgan fingerprint density at radius 1 is 1.15 bits per heavy atom. The second kappa shape index (κ2) is 7.51. The van der Waals surface area contributed by atoms with E-state index in [2.05, 4.69) is 6.08 Å². The van der Waals surface area contributed by atoms with Crippen LogP contribution in [0.2, 0.25) is 0 Å². The van der Waals surface area contributed by atoms with Crippen LogP contribution in [0.15, 0.2) is 12.2 Å². The quantitative estimate of drug-likeness (QED) is 0.733. The molecule has 0 unspecified atom stereocenters. The number of ether oxygens (including phenoxy) is 3. The fraction of sp³-hybridized carbons (Fsp3) is 0.905. The molecule has 5 atom stereocenters. The van der Waals surface area contributed by atoms with Gasteiger partial charge in [-0.05, 0) is 38.5 Å². The highest BCUT2D eigenvalue weighted by molar-refractivity contribution is 5.21. The predicted molar refractivity (Wildman–Crippen MR) is 97.6 cm³/mol. The third-order valence-electron chi connectivity index (χ3n) is 7.27. The first kappa shape index (κ1) is 18.9. The van der Waals surface area contributed by atoms with Gasteiger partial charge in [-0.2, -0.15) is 0 Å². The van der Waals surface area contributed by atoms with Gasteiger partial charge in [0.2, 0.25) is 0 Å². The van der Waals surface area contributed by atoms with Crippen molar-refractivity contribution in [1.82, 2.24) is 0 Å². The maximum atomic E-state index is 10.7. The standard InChI is InChI=1S/C21H34O5/c1-2-24-20-11-10-19(23)16(17(20)14-21(20)25-12-13-26-21)8-9-18(22)15-6-4-3-5-7-15/h8-9,15-19,22-23H,2-7,10-14H2,1H3/b9-8+/t16-,17-,18+,19-,20-/m0/s1. The summed E-state index contributed by atoms with van der Waals surface area (Å²) in [5.41, 5.74) is -0.456. The van der Waals surface area contributed by atoms with Crippen LogP contribution in [-0.2, 0) is 14.2 Å². The summed E-state index contributed by atoms with van der Waals surface area (Å²) in [6.45, 7) is 3.85. The molecule has 2 N–H and O–H groups in total. The zero-order valence-electron chi connectivity index (χ0n) is 15.9. The van der Waals surface area contributed by atoms with Gasteiger partial charge in [0.25, 0.3) is 0 Å². The summed E-state index contributed by atoms with van der Waals surface area (Å²) >= 11 is 0. The van der Waals surface area contributed by atoms with Crippen molar-refractivity contribution in [1.29, 1.82) is 0 Å². The molecule has 1 heterocycles. The molecule has 0 amide bonds. The summed E-state index contributed by atoms with van der Waals surface area (Å²) in [6.07, 6.45) is 11.3. The SMILES string of the molecule is CCO[C@@]12CC[C@H](O)[C@@H](/C=C/[C@@H](O)C3CCCCC3)[C@@H]1CC21OCCO1. The van der Waals surface area contributed by atoms with Crippen molar-refractivity contribution in [2.75, 3.05) is 19.8 Å². The minimum Gasteiger partial charge on any atom is -0.393 e. The van der Waals surface area contributed by atoms with E-state index in [-0.39, 0.29) is 17.9 Å². The van der Waals surface area contributed by atoms with Crippen LogP contribution in [0.4, 0.5) is 0 Å². The minimum atomic E-state index is -0.623. The van der Waals surface area contributed by atoms with Gasteiger partial charge < -0.3 is 24.4 Å². The van der Waals surface area contributed by atoms with Crippen molar-refractivity contribution in [3.05, 3.63) is 12.2 Å². The topological polar surface area (TPSA) is 68.2 Å². The van der Waals surface area contributed by atoms with Crippen molar-refractivity contribution in [3.63, 3.8) is 0 Å². The van der Waals surface area contributed by atoms with Gasteiger partial charge in [-0.15, -0.1) is 0 Å². The average molecular weight is 366 g/mol. The second-order valence-electron chi connectivity index (χ2n) is 8.54. The van der Waals surface area contributed by atoms with E-state index in [1.54, 1.807) is 0 Å². The summed E-state index contributed by atoms with van der Waals surface area (Å²) in [5, 5.41) is 21.2. The van der Waals surface area contributed by atoms with Crippen LogP contribution >= 0.6 is 0 Å². The van der Waals surface area contributed by atoms with Gasteiger partial charge in [-0.25, -0.2) is 0 Å². The number of aliphatic hydroxyl groups is 2. The molecule has 26 heavy (non-hydrogen) atoms. The molecule has 1 spiro atoms. The normalized spacial score (nSPS) is 41.3. The number of rotatable bonds is 5. The van der Waals surface area contributed by atoms with Crippen LogP contribution in [0.5, 0.6) is 0 Å². The molecule has 0 bridgehead atoms. The molecule has 5 nitrogen and oxygen atoms in total. The van der Waals surface area contributed by atoms with Gasteiger partial charge in [0.05, 0.1) is 25.4 Å². The Bertz CT molecular complexity index is 509. The van der Waals surface area contributed by atoms with Crippen LogP contribution in [0.25, 0.3) is 0 Å². The third kappa shape index (κ3) is 2.96. The van der Waals surface area contributed by atoms with Crippen LogP contribution in [0.1, 0.15) is 58.3 Å². The molecule has 3 saturated carbocycles. The largest absolute Gasteiger partial charge is 0.393 e. The third-order valence-corrected chi connectivity index (χ3v) is 7.27. The Kier molecular flexibility index (Phi) is 5.46. The van der Waals surface area contributed by atoms with Crippen molar-refractivity contribution in [2.24, 2.45) is 17.8 Å². The zero-order valence-corrected chi connectivity index (χ0v) is 15.9. The highest BCUT2D eigenvalue weighted by Gasteiger charge is 2.73. The Morgan fingerprint density at radius 3 is 2.58 bits per heavy atom. The average Bonchev–Trinajstić information content (AvgIpc) is 3.16. The Morgan fingerprint density at radius 2 is 1.88 bits per heavy atom. The van der Waals surface area contributed by atoms with Crippen molar-refractivity contribution in [2.45, 2.75) is 81.9 Å². The molecule has 4 rings (SSSR count). The Balaban J connectivity index is 1.49. The van der Waals surface area contributed by atoms with E-state index in [0.29, 0.717) is 32.2 Å². The monoisotopic (exact) mass is 366 g/mol. The molecule has 4 fully saturated rings. The summed E-state index contributed by atoms with van der Waals surface area (Å²) in [7, 11) is 0. The molecule has 5 heteroatoms. The highest BCUT2D eigenvalue weighted by atomic mass is 16.8. The molecular formula is C21H34O5. The van der Waals surface area contributed by atoms with Gasteiger partial charge in [0.15, 0.2) is 5.79 Å². The fourth-order valence-electron chi connectivity index (χ4n) is 5.93. The molecular weight excluding hydrogens is 332 g/mol. The molecule has 0 aromatic rings. The van der Waals surface area contributed by atoms with Crippen LogP contribution in [0, 0.1) is 17.8 Å². The van der Waals surface area contributed by atoms with Crippen molar-refractivity contribution in [3.8, 4) is 0 Å². The highest BCUT2D eigenvalue weighted by Crippen LogP contribution is 2.62. The van der Waals surface area contributed by atoms with Crippen LogP contribution in [-0.4, -0.2) is 53.6 Å². The predicted octanol–water partition coefficient (Wildman–Crippen LogP) is 2.79. The van der Waals surface area contributed by atoms with E-state index in [9.17, 15) is 10.2 Å². The first-order valence-electron chi connectivity index (χ1n) is 10.6. The van der Waals surface area contributed by atoms with Gasteiger partial charge in [0.1, 0.15) is 5.60 Å². The molecule has 4 aliphatic rings. The Hall–Kier alpha value is -0.460. The lowest BCUT2D eigenvalue weighted by atomic mass is 9.52. The molecule has 1 aliphatic heterocycles. The van der Waals surface area contributed by atoms with Crippen molar-refractivity contribution >= 4 is 0 Å². The smallest absolute Gasteiger partial charge is 0.198 e. The van der Waals surface area contributed by atoms with E-state index in [0.717, 1.165) is 25.7 Å². The molecule has 1 saturated heterocycles. The number of hydrogen-bond donors (Lipinski definition) is 2. The summed E-state index contributed by atoms with van der Waals surface area (Å²) < 4.78 is 18.3. The van der Waals surface area contributed by atoms with Gasteiger partial charge in [0, 0.05) is 24.9 Å². The molecule has 0 aromatic heterocycles. The maximum Gasteiger partial charge on any atom is 0.198 e. The van der Waals surface area contributed by atoms with E-state index < -0.39 is 17.5 Å². The van der Waals surface area contributed by atoms with Gasteiger partial charge in [-0.3, -0.25) is 0 Å². The van der Waals surface area contributed by atoms with Gasteiger partial charge >= 0.3 is 0 Å². The fourth-order valence-corrected chi connectivity index (χ4v) is 5.93. The molecule has 148 valence electrons. The number of aliphatic hydroxyl groups excluding tert-OH is 2. The lowest BCUT2D eigenvalue weighted by Gasteiger charge is -2.64. The lowest BCUT2D eigenvalue weighted by Crippen LogP contribution is -2.75. The van der Waals surface area contributed by atoms with E-state index in [1.807, 2.05) is 13.0 Å². The summed E-state index contributed by atoms with van der Waals surface area (Å²) in [4.78, 5) is 0. The van der Waals surface area contributed by atoms with Crippen LogP contribution in [0.3, 0.4) is 0 Å². The van der Waals surface area contributed by atoms with E-state index >= 15 is 0 Å². The van der Waals surface area contributed by atoms with Gasteiger partial charge in [-0.1, -0.05) is 31.4 Å². The maximum absolute atomic E-state index is 10.7. The van der Waals surface area contributed by atoms with Crippen LogP contribution < -0.4 is 0 Å². The Labute approximate surface area is 156 Å². The number of hydrogen-bond acceptors (Lipinski definition) is 5. The lowest BCUT2D eigenvalue weighted by molar-refractivity contribution is -0.387. The first-order chi connectivity index (χ1) is 12.6. The summed E-state index contributed by atoms with van der Waals surface area (Å²) in [5.74, 6) is -0.0836. The molecule has 3 aliphatic carbocycles. The second-order valence-corrected chi connectivity index (χ2v) is 8.54. The number of fused-ring (bicyclic) bond motifs is 2.